The number of ether oxygens (including phenoxy) is 3. The van der Waals surface area contributed by atoms with Gasteiger partial charge in [-0.3, -0.25) is 14.4 Å². The predicted molar refractivity (Wildman–Crippen MR) is 242 cm³/mol. The van der Waals surface area contributed by atoms with Crippen molar-refractivity contribution < 1.29 is 28.6 Å². The average molecular weight is 791 g/mol. The van der Waals surface area contributed by atoms with Gasteiger partial charge in [-0.1, -0.05) is 189 Å². The van der Waals surface area contributed by atoms with Crippen LogP contribution in [0.2, 0.25) is 0 Å². The number of unbranched alkanes of at least 4 members (excludes halogenated alkanes) is 17. The van der Waals surface area contributed by atoms with Gasteiger partial charge in [0, 0.05) is 19.3 Å². The van der Waals surface area contributed by atoms with Gasteiger partial charge in [0.1, 0.15) is 13.2 Å². The van der Waals surface area contributed by atoms with Crippen molar-refractivity contribution in [1.82, 2.24) is 0 Å². The van der Waals surface area contributed by atoms with Crippen LogP contribution in [0.3, 0.4) is 0 Å². The highest BCUT2D eigenvalue weighted by molar-refractivity contribution is 5.71. The first-order valence-electron chi connectivity index (χ1n) is 22.8. The van der Waals surface area contributed by atoms with E-state index in [9.17, 15) is 14.4 Å². The van der Waals surface area contributed by atoms with Gasteiger partial charge in [0.15, 0.2) is 6.10 Å². The molecule has 6 heteroatoms. The molecular weight excluding hydrogens is 709 g/mol. The Labute approximate surface area is 349 Å². The van der Waals surface area contributed by atoms with E-state index >= 15 is 0 Å². The first-order valence-corrected chi connectivity index (χ1v) is 22.8. The van der Waals surface area contributed by atoms with E-state index < -0.39 is 12.1 Å². The molecule has 1 atom stereocenters. The van der Waals surface area contributed by atoms with Crippen LogP contribution in [0.4, 0.5) is 0 Å². The summed E-state index contributed by atoms with van der Waals surface area (Å²) in [6, 6.07) is 0. The summed E-state index contributed by atoms with van der Waals surface area (Å²) >= 11 is 0. The summed E-state index contributed by atoms with van der Waals surface area (Å²) in [5.74, 6) is -1.05. The summed E-state index contributed by atoms with van der Waals surface area (Å²) in [5, 5.41) is 0. The second-order valence-corrected chi connectivity index (χ2v) is 14.7. The molecule has 0 aliphatic carbocycles. The van der Waals surface area contributed by atoms with Crippen molar-refractivity contribution in [2.75, 3.05) is 13.2 Å². The molecule has 0 bridgehead atoms. The van der Waals surface area contributed by atoms with Gasteiger partial charge >= 0.3 is 17.9 Å². The van der Waals surface area contributed by atoms with Crippen LogP contribution in [0.25, 0.3) is 0 Å². The zero-order valence-corrected chi connectivity index (χ0v) is 36.6. The third-order valence-corrected chi connectivity index (χ3v) is 9.20. The Hall–Kier alpha value is -3.67. The lowest BCUT2D eigenvalue weighted by Gasteiger charge is -2.18. The first-order chi connectivity index (χ1) is 28.0. The molecule has 0 saturated carbocycles. The van der Waals surface area contributed by atoms with Crippen molar-refractivity contribution in [1.29, 1.82) is 0 Å². The lowest BCUT2D eigenvalue weighted by Crippen LogP contribution is -2.30. The first kappa shape index (κ1) is 53.3. The number of hydrogen-bond acceptors (Lipinski definition) is 6. The fourth-order valence-corrected chi connectivity index (χ4v) is 5.74. The molecule has 0 aliphatic heterocycles. The quantitative estimate of drug-likeness (QED) is 0.0203. The van der Waals surface area contributed by atoms with E-state index in [0.717, 1.165) is 83.5 Å². The minimum absolute atomic E-state index is 0.122. The molecule has 0 rings (SSSR count). The Balaban J connectivity index is 4.55. The molecule has 0 amide bonds. The molecule has 0 fully saturated rings. The number of esters is 3. The lowest BCUT2D eigenvalue weighted by atomic mass is 10.1. The molecule has 0 spiro atoms. The molecule has 0 aromatic rings. The molecule has 6 nitrogen and oxygen atoms in total. The molecule has 0 aromatic heterocycles. The van der Waals surface area contributed by atoms with E-state index in [0.29, 0.717) is 19.3 Å². The van der Waals surface area contributed by atoms with Crippen molar-refractivity contribution in [3.05, 3.63) is 97.2 Å². The molecule has 0 saturated heterocycles. The molecule has 1 unspecified atom stereocenters. The molecule has 0 N–H and O–H groups in total. The van der Waals surface area contributed by atoms with Crippen LogP contribution in [0, 0.1) is 0 Å². The summed E-state index contributed by atoms with van der Waals surface area (Å²) in [6.07, 6.45) is 58.3. The molecular formula is C51H82O6. The van der Waals surface area contributed by atoms with Crippen molar-refractivity contribution in [3.63, 3.8) is 0 Å². The second-order valence-electron chi connectivity index (χ2n) is 14.7. The molecule has 0 aliphatic rings. The van der Waals surface area contributed by atoms with E-state index in [1.54, 1.807) is 0 Å². The van der Waals surface area contributed by atoms with Gasteiger partial charge < -0.3 is 14.2 Å². The van der Waals surface area contributed by atoms with Crippen molar-refractivity contribution in [2.24, 2.45) is 0 Å². The Bertz CT molecular complexity index is 1180. The maximum atomic E-state index is 12.7. The van der Waals surface area contributed by atoms with Crippen LogP contribution in [0.5, 0.6) is 0 Å². The van der Waals surface area contributed by atoms with Crippen LogP contribution in [0.1, 0.15) is 188 Å². The highest BCUT2D eigenvalue weighted by atomic mass is 16.6. The number of carbonyl (C=O) groups excluding carboxylic acids is 3. The molecule has 0 radical (unpaired) electrons. The maximum absolute atomic E-state index is 12.7. The average Bonchev–Trinajstić information content (AvgIpc) is 3.21. The summed E-state index contributed by atoms with van der Waals surface area (Å²) in [5.41, 5.74) is 0. The summed E-state index contributed by atoms with van der Waals surface area (Å²) in [7, 11) is 0. The van der Waals surface area contributed by atoms with Gasteiger partial charge in [0.25, 0.3) is 0 Å². The second kappa shape index (κ2) is 45.0. The van der Waals surface area contributed by atoms with Gasteiger partial charge in [0.2, 0.25) is 0 Å². The Morgan fingerprint density at radius 3 is 1.26 bits per heavy atom. The van der Waals surface area contributed by atoms with Gasteiger partial charge in [0.05, 0.1) is 0 Å². The zero-order chi connectivity index (χ0) is 41.5. The van der Waals surface area contributed by atoms with E-state index in [4.69, 9.17) is 14.2 Å². The smallest absolute Gasteiger partial charge is 0.306 e. The number of hydrogen-bond donors (Lipinski definition) is 0. The molecule has 57 heavy (non-hydrogen) atoms. The summed E-state index contributed by atoms with van der Waals surface area (Å²) in [4.78, 5) is 37.7. The fourth-order valence-electron chi connectivity index (χ4n) is 5.74. The van der Waals surface area contributed by atoms with Crippen LogP contribution in [0.15, 0.2) is 97.2 Å². The standard InChI is InChI=1S/C51H82O6/c1-4-7-10-13-16-19-22-24-25-26-28-29-32-35-38-41-44-50(53)56-47-48(46-55-49(52)43-40-37-34-31-21-18-15-12-9-6-3)57-51(54)45-42-39-36-33-30-27-23-20-17-14-11-8-5-2/h8,11,14-15,17-18,20,23,25-30,33,36,48H,4-7,9-10,12-13,16,19,21-22,24,31-32,34-35,37-47H2,1-3H3/b11-8-,17-14-,18-15-,23-20-,26-25-,29-28-,30-27-,36-33-. The van der Waals surface area contributed by atoms with Crippen molar-refractivity contribution in [3.8, 4) is 0 Å². The summed E-state index contributed by atoms with van der Waals surface area (Å²) < 4.78 is 16.6. The van der Waals surface area contributed by atoms with E-state index in [-0.39, 0.29) is 31.6 Å². The largest absolute Gasteiger partial charge is 0.462 e. The van der Waals surface area contributed by atoms with Crippen LogP contribution in [-0.2, 0) is 28.6 Å². The highest BCUT2D eigenvalue weighted by Gasteiger charge is 2.19. The number of carbonyl (C=O) groups is 3. The maximum Gasteiger partial charge on any atom is 0.306 e. The molecule has 0 aromatic carbocycles. The lowest BCUT2D eigenvalue weighted by molar-refractivity contribution is -0.167. The number of rotatable bonds is 39. The molecule has 0 heterocycles. The monoisotopic (exact) mass is 791 g/mol. The third-order valence-electron chi connectivity index (χ3n) is 9.20. The molecule has 322 valence electrons. The Kier molecular flexibility index (Phi) is 42.1. The Morgan fingerprint density at radius 2 is 0.737 bits per heavy atom. The van der Waals surface area contributed by atoms with E-state index in [1.165, 1.54) is 57.8 Å². The van der Waals surface area contributed by atoms with Crippen LogP contribution < -0.4 is 0 Å². The van der Waals surface area contributed by atoms with Gasteiger partial charge in [-0.15, -0.1) is 0 Å². The predicted octanol–water partition coefficient (Wildman–Crippen LogP) is 14.6. The van der Waals surface area contributed by atoms with Crippen molar-refractivity contribution >= 4 is 17.9 Å². The van der Waals surface area contributed by atoms with Crippen molar-refractivity contribution in [2.45, 2.75) is 194 Å². The minimum Gasteiger partial charge on any atom is -0.462 e. The topological polar surface area (TPSA) is 78.9 Å². The van der Waals surface area contributed by atoms with Gasteiger partial charge in [-0.25, -0.2) is 0 Å². The fraction of sp³-hybridized carbons (Fsp3) is 0.627. The highest BCUT2D eigenvalue weighted by Crippen LogP contribution is 2.11. The third kappa shape index (κ3) is 43.3. The van der Waals surface area contributed by atoms with Crippen LogP contribution >= 0.6 is 0 Å². The Morgan fingerprint density at radius 1 is 0.368 bits per heavy atom. The minimum atomic E-state index is -0.828. The van der Waals surface area contributed by atoms with Gasteiger partial charge in [-0.2, -0.15) is 0 Å². The zero-order valence-electron chi connectivity index (χ0n) is 36.6. The number of allylic oxidation sites excluding steroid dienone is 16. The summed E-state index contributed by atoms with van der Waals surface area (Å²) in [6.45, 7) is 6.32. The van der Waals surface area contributed by atoms with E-state index in [1.807, 2.05) is 54.7 Å². The van der Waals surface area contributed by atoms with E-state index in [2.05, 4.69) is 63.3 Å². The van der Waals surface area contributed by atoms with Crippen LogP contribution in [-0.4, -0.2) is 37.2 Å². The normalized spacial score (nSPS) is 13.0. The van der Waals surface area contributed by atoms with Gasteiger partial charge in [-0.05, 0) is 77.0 Å². The SMILES string of the molecule is CC\C=C/C=C\C=C/C=C\C=C/CCCC(=O)OC(COC(=O)CCCCC/C=C\C=C/CCCCCCCCC)COC(=O)CCCCCC/C=C\CCCC.